The number of aromatic amines is 1. The zero-order valence-corrected chi connectivity index (χ0v) is 12.6. The lowest BCUT2D eigenvalue weighted by molar-refractivity contribution is 0.555. The van der Waals surface area contributed by atoms with Gasteiger partial charge in [0.15, 0.2) is 5.58 Å². The molecule has 20 heavy (non-hydrogen) atoms. The van der Waals surface area contributed by atoms with E-state index in [1.165, 1.54) is 0 Å². The molecule has 0 radical (unpaired) electrons. The summed E-state index contributed by atoms with van der Waals surface area (Å²) in [6.07, 6.45) is 0. The fourth-order valence-corrected chi connectivity index (χ4v) is 2.64. The molecule has 3 rings (SSSR count). The van der Waals surface area contributed by atoms with Crippen molar-refractivity contribution in [2.75, 3.05) is 7.05 Å². The lowest BCUT2D eigenvalue weighted by atomic mass is 10.1. The van der Waals surface area contributed by atoms with Crippen LogP contribution in [-0.4, -0.2) is 21.6 Å². The summed E-state index contributed by atoms with van der Waals surface area (Å²) >= 11 is 3.55. The number of nitrogens with one attached hydrogen (secondary N) is 2. The SMILES string of the molecule is CNCc1nc(-c2ccc3[nH]c(=O)oc3c2)c(Br)n1C. The van der Waals surface area contributed by atoms with Crippen LogP contribution in [0.3, 0.4) is 0 Å². The van der Waals surface area contributed by atoms with Crippen LogP contribution in [0.2, 0.25) is 0 Å². The summed E-state index contributed by atoms with van der Waals surface area (Å²) in [5, 5.41) is 3.08. The lowest BCUT2D eigenvalue weighted by Crippen LogP contribution is -2.10. The molecule has 0 aliphatic heterocycles. The number of oxazole rings is 1. The standard InChI is InChI=1S/C13H13BrN4O2/c1-15-6-10-17-11(12(14)18(10)2)7-3-4-8-9(5-7)20-13(19)16-8/h3-5,15H,6H2,1-2H3,(H,16,19). The molecule has 1 aromatic carbocycles. The second-order valence-corrected chi connectivity index (χ2v) is 5.23. The summed E-state index contributed by atoms with van der Waals surface area (Å²) in [5.74, 6) is 0.470. The van der Waals surface area contributed by atoms with E-state index in [2.05, 4.69) is 31.2 Å². The van der Waals surface area contributed by atoms with Gasteiger partial charge in [0.05, 0.1) is 12.1 Å². The summed E-state index contributed by atoms with van der Waals surface area (Å²) in [6, 6.07) is 5.53. The first kappa shape index (κ1) is 13.1. The van der Waals surface area contributed by atoms with Gasteiger partial charge in [-0.05, 0) is 35.1 Å². The number of fused-ring (bicyclic) bond motifs is 1. The van der Waals surface area contributed by atoms with Crippen molar-refractivity contribution in [1.82, 2.24) is 19.9 Å². The van der Waals surface area contributed by atoms with E-state index in [0.717, 1.165) is 21.7 Å². The van der Waals surface area contributed by atoms with Crippen molar-refractivity contribution in [2.24, 2.45) is 7.05 Å². The van der Waals surface area contributed by atoms with Gasteiger partial charge in [0.25, 0.3) is 0 Å². The van der Waals surface area contributed by atoms with Crippen LogP contribution < -0.4 is 11.1 Å². The first-order valence-electron chi connectivity index (χ1n) is 6.09. The number of halogens is 1. The third-order valence-electron chi connectivity index (χ3n) is 3.15. The van der Waals surface area contributed by atoms with E-state index in [-0.39, 0.29) is 0 Å². The molecule has 2 N–H and O–H groups in total. The molecule has 0 saturated carbocycles. The van der Waals surface area contributed by atoms with Crippen LogP contribution in [0.15, 0.2) is 32.0 Å². The monoisotopic (exact) mass is 336 g/mol. The van der Waals surface area contributed by atoms with Gasteiger partial charge < -0.3 is 14.3 Å². The Labute approximate surface area is 122 Å². The maximum Gasteiger partial charge on any atom is 0.417 e. The van der Waals surface area contributed by atoms with Crippen LogP contribution in [0.1, 0.15) is 5.82 Å². The van der Waals surface area contributed by atoms with Crippen molar-refractivity contribution in [2.45, 2.75) is 6.54 Å². The molecule has 2 aromatic heterocycles. The van der Waals surface area contributed by atoms with Gasteiger partial charge in [-0.2, -0.15) is 0 Å². The Morgan fingerprint density at radius 2 is 2.30 bits per heavy atom. The van der Waals surface area contributed by atoms with Crippen molar-refractivity contribution in [3.05, 3.63) is 39.2 Å². The van der Waals surface area contributed by atoms with Gasteiger partial charge >= 0.3 is 5.76 Å². The highest BCUT2D eigenvalue weighted by Gasteiger charge is 2.14. The summed E-state index contributed by atoms with van der Waals surface area (Å²) in [5.41, 5.74) is 2.93. The van der Waals surface area contributed by atoms with Gasteiger partial charge in [0.1, 0.15) is 16.1 Å². The average Bonchev–Trinajstić information content (AvgIpc) is 2.92. The largest absolute Gasteiger partial charge is 0.417 e. The topological polar surface area (TPSA) is 75.8 Å². The number of hydrogen-bond acceptors (Lipinski definition) is 4. The van der Waals surface area contributed by atoms with Crippen LogP contribution in [0, 0.1) is 0 Å². The number of rotatable bonds is 3. The van der Waals surface area contributed by atoms with E-state index in [4.69, 9.17) is 4.42 Å². The second kappa shape index (κ2) is 4.92. The zero-order valence-electron chi connectivity index (χ0n) is 11.0. The molecule has 0 unspecified atom stereocenters. The molecule has 0 fully saturated rings. The molecule has 6 nitrogen and oxygen atoms in total. The minimum absolute atomic E-state index is 0.451. The third-order valence-corrected chi connectivity index (χ3v) is 4.05. The molecule has 0 aliphatic carbocycles. The number of nitrogens with zero attached hydrogens (tertiary/aromatic N) is 2. The van der Waals surface area contributed by atoms with E-state index in [0.29, 0.717) is 17.6 Å². The van der Waals surface area contributed by atoms with E-state index < -0.39 is 5.76 Å². The summed E-state index contributed by atoms with van der Waals surface area (Å²) < 4.78 is 7.95. The predicted molar refractivity (Wildman–Crippen MR) is 79.5 cm³/mol. The first-order chi connectivity index (χ1) is 9.60. The van der Waals surface area contributed by atoms with Crippen molar-refractivity contribution in [3.8, 4) is 11.3 Å². The smallest absolute Gasteiger partial charge is 0.408 e. The van der Waals surface area contributed by atoms with Gasteiger partial charge in [0, 0.05) is 12.6 Å². The molecule has 0 atom stereocenters. The van der Waals surface area contributed by atoms with Crippen LogP contribution >= 0.6 is 15.9 Å². The van der Waals surface area contributed by atoms with E-state index >= 15 is 0 Å². The Morgan fingerprint density at radius 1 is 1.50 bits per heavy atom. The van der Waals surface area contributed by atoms with Crippen molar-refractivity contribution in [3.63, 3.8) is 0 Å². The highest BCUT2D eigenvalue weighted by Crippen LogP contribution is 2.29. The molecule has 0 bridgehead atoms. The zero-order chi connectivity index (χ0) is 14.3. The summed E-state index contributed by atoms with van der Waals surface area (Å²) in [7, 11) is 3.82. The minimum Gasteiger partial charge on any atom is -0.408 e. The highest BCUT2D eigenvalue weighted by atomic mass is 79.9. The Bertz CT molecular complexity index is 831. The summed E-state index contributed by atoms with van der Waals surface area (Å²) in [4.78, 5) is 18.4. The number of H-pyrrole nitrogens is 1. The Kier molecular flexibility index (Phi) is 3.23. The molecule has 0 spiro atoms. The third kappa shape index (κ3) is 2.08. The maximum absolute atomic E-state index is 11.2. The highest BCUT2D eigenvalue weighted by molar-refractivity contribution is 9.10. The van der Waals surface area contributed by atoms with Gasteiger partial charge in [-0.15, -0.1) is 0 Å². The van der Waals surface area contributed by atoms with Crippen molar-refractivity contribution >= 4 is 27.0 Å². The maximum atomic E-state index is 11.2. The van der Waals surface area contributed by atoms with Crippen molar-refractivity contribution < 1.29 is 4.42 Å². The molecule has 2 heterocycles. The van der Waals surface area contributed by atoms with Gasteiger partial charge in [-0.3, -0.25) is 4.98 Å². The Balaban J connectivity index is 2.14. The Hall–Kier alpha value is -1.86. The molecule has 3 aromatic rings. The minimum atomic E-state index is -0.451. The molecule has 0 saturated heterocycles. The molecular formula is C13H13BrN4O2. The number of hydrogen-bond donors (Lipinski definition) is 2. The fourth-order valence-electron chi connectivity index (χ4n) is 2.11. The van der Waals surface area contributed by atoms with E-state index in [1.54, 1.807) is 0 Å². The summed E-state index contributed by atoms with van der Waals surface area (Å²) in [6.45, 7) is 0.677. The van der Waals surface area contributed by atoms with Gasteiger partial charge in [0.2, 0.25) is 0 Å². The van der Waals surface area contributed by atoms with Crippen LogP contribution in [0.5, 0.6) is 0 Å². The molecule has 0 aliphatic rings. The first-order valence-corrected chi connectivity index (χ1v) is 6.88. The van der Waals surface area contributed by atoms with Crippen molar-refractivity contribution in [1.29, 1.82) is 0 Å². The lowest BCUT2D eigenvalue weighted by Gasteiger charge is -2.00. The van der Waals surface area contributed by atoms with Crippen LogP contribution in [0.25, 0.3) is 22.4 Å². The number of benzene rings is 1. The predicted octanol–water partition coefficient (Wildman–Crippen LogP) is 2.00. The molecule has 7 heteroatoms. The number of imidazole rings is 1. The normalized spacial score (nSPS) is 11.3. The fraction of sp³-hybridized carbons (Fsp3) is 0.231. The Morgan fingerprint density at radius 3 is 3.05 bits per heavy atom. The van der Waals surface area contributed by atoms with E-state index in [1.807, 2.05) is 36.9 Å². The van der Waals surface area contributed by atoms with Crippen LogP contribution in [-0.2, 0) is 13.6 Å². The molecule has 0 amide bonds. The quantitative estimate of drug-likeness (QED) is 0.767. The average molecular weight is 337 g/mol. The van der Waals surface area contributed by atoms with Gasteiger partial charge in [-0.25, -0.2) is 9.78 Å². The van der Waals surface area contributed by atoms with Crippen LogP contribution in [0.4, 0.5) is 0 Å². The molecular weight excluding hydrogens is 324 g/mol. The number of aromatic nitrogens is 3. The molecule has 104 valence electrons. The van der Waals surface area contributed by atoms with E-state index in [9.17, 15) is 4.79 Å². The van der Waals surface area contributed by atoms with Gasteiger partial charge in [-0.1, -0.05) is 6.07 Å². The second-order valence-electron chi connectivity index (χ2n) is 4.48.